The molecule has 0 spiro atoms. The Morgan fingerprint density at radius 1 is 1.31 bits per heavy atom. The molecule has 0 bridgehead atoms. The summed E-state index contributed by atoms with van der Waals surface area (Å²) in [5.74, 6) is -3.45. The van der Waals surface area contributed by atoms with Crippen LogP contribution in [0.5, 0.6) is 0 Å². The van der Waals surface area contributed by atoms with E-state index < -0.39 is 24.3 Å². The molecule has 0 aromatic heterocycles. The SMILES string of the molecule is C/C(=N\NC(=O)CC(=O)O)C(=O)O. The minimum absolute atomic E-state index is 0.321. The van der Waals surface area contributed by atoms with Crippen LogP contribution in [0.25, 0.3) is 0 Å². The summed E-state index contributed by atoms with van der Waals surface area (Å²) in [4.78, 5) is 30.7. The summed E-state index contributed by atoms with van der Waals surface area (Å²) < 4.78 is 0. The Bertz CT molecular complexity index is 270. The Balaban J connectivity index is 4.02. The standard InChI is InChI=1S/C6H8N2O5/c1-3(6(12)13)7-8-4(9)2-5(10)11/h2H2,1H3,(H,8,9)(H,10,11)(H,12,13)/b7-3+. The van der Waals surface area contributed by atoms with Gasteiger partial charge in [0, 0.05) is 0 Å². The molecule has 72 valence electrons. The zero-order valence-electron chi connectivity index (χ0n) is 6.77. The molecule has 7 heteroatoms. The van der Waals surface area contributed by atoms with Crippen LogP contribution in [0.2, 0.25) is 0 Å². The molecular weight excluding hydrogens is 180 g/mol. The number of hydrazone groups is 1. The number of nitrogens with zero attached hydrogens (tertiary/aromatic N) is 1. The van der Waals surface area contributed by atoms with Gasteiger partial charge in [0.15, 0.2) is 0 Å². The number of carbonyl (C=O) groups excluding carboxylic acids is 1. The van der Waals surface area contributed by atoms with Gasteiger partial charge in [-0.2, -0.15) is 5.10 Å². The van der Waals surface area contributed by atoms with Crippen LogP contribution in [0.4, 0.5) is 0 Å². The van der Waals surface area contributed by atoms with Gasteiger partial charge >= 0.3 is 11.9 Å². The quantitative estimate of drug-likeness (QED) is 0.298. The fraction of sp³-hybridized carbons (Fsp3) is 0.333. The minimum atomic E-state index is -1.30. The molecule has 1 amide bonds. The Kier molecular flexibility index (Phi) is 4.14. The van der Waals surface area contributed by atoms with E-state index in [9.17, 15) is 14.4 Å². The van der Waals surface area contributed by atoms with E-state index in [1.165, 1.54) is 6.92 Å². The average molecular weight is 188 g/mol. The third kappa shape index (κ3) is 5.36. The highest BCUT2D eigenvalue weighted by Gasteiger charge is 2.07. The number of rotatable bonds is 4. The number of nitrogens with one attached hydrogen (secondary N) is 1. The van der Waals surface area contributed by atoms with E-state index >= 15 is 0 Å². The molecular formula is C6H8N2O5. The average Bonchev–Trinajstić information content (AvgIpc) is 1.98. The lowest BCUT2D eigenvalue weighted by molar-refractivity contribution is -0.140. The highest BCUT2D eigenvalue weighted by molar-refractivity contribution is 6.34. The molecule has 0 aliphatic carbocycles. The number of amides is 1. The van der Waals surface area contributed by atoms with Crippen molar-refractivity contribution in [3.05, 3.63) is 0 Å². The number of carboxylic acids is 2. The Hall–Kier alpha value is -1.92. The van der Waals surface area contributed by atoms with Crippen molar-refractivity contribution in [3.63, 3.8) is 0 Å². The molecule has 0 aromatic rings. The number of hydrogen-bond acceptors (Lipinski definition) is 4. The Morgan fingerprint density at radius 3 is 2.23 bits per heavy atom. The van der Waals surface area contributed by atoms with Crippen molar-refractivity contribution in [1.82, 2.24) is 5.43 Å². The molecule has 0 rings (SSSR count). The maximum atomic E-state index is 10.6. The molecule has 13 heavy (non-hydrogen) atoms. The van der Waals surface area contributed by atoms with Crippen molar-refractivity contribution in [2.45, 2.75) is 13.3 Å². The summed E-state index contributed by atoms with van der Waals surface area (Å²) in [7, 11) is 0. The zero-order chi connectivity index (χ0) is 10.4. The van der Waals surface area contributed by atoms with Crippen LogP contribution < -0.4 is 5.43 Å². The fourth-order valence-electron chi connectivity index (χ4n) is 0.371. The predicted octanol–water partition coefficient (Wildman–Crippen LogP) is -0.962. The van der Waals surface area contributed by atoms with Crippen LogP contribution in [0.15, 0.2) is 5.10 Å². The molecule has 0 aromatic carbocycles. The van der Waals surface area contributed by atoms with E-state index in [1.54, 1.807) is 5.43 Å². The second kappa shape index (κ2) is 4.86. The summed E-state index contributed by atoms with van der Waals surface area (Å²) in [6.07, 6.45) is -0.740. The summed E-state index contributed by atoms with van der Waals surface area (Å²) in [5, 5.41) is 19.5. The van der Waals surface area contributed by atoms with Gasteiger partial charge in [-0.15, -0.1) is 0 Å². The molecule has 0 aliphatic heterocycles. The second-order valence-electron chi connectivity index (χ2n) is 2.11. The van der Waals surface area contributed by atoms with Gasteiger partial charge < -0.3 is 10.2 Å². The second-order valence-corrected chi connectivity index (χ2v) is 2.11. The summed E-state index contributed by atoms with van der Waals surface area (Å²) in [6, 6.07) is 0. The molecule has 0 aliphatic rings. The van der Waals surface area contributed by atoms with Crippen molar-refractivity contribution in [2.24, 2.45) is 5.10 Å². The van der Waals surface area contributed by atoms with E-state index in [1.807, 2.05) is 0 Å². The first-order valence-corrected chi connectivity index (χ1v) is 3.21. The Labute approximate surface area is 73.1 Å². The van der Waals surface area contributed by atoms with Crippen LogP contribution in [-0.4, -0.2) is 33.8 Å². The van der Waals surface area contributed by atoms with Gasteiger partial charge in [-0.25, -0.2) is 10.2 Å². The third-order valence-electron chi connectivity index (χ3n) is 0.970. The van der Waals surface area contributed by atoms with E-state index in [0.29, 0.717) is 0 Å². The first kappa shape index (κ1) is 11.1. The normalized spacial score (nSPS) is 10.7. The van der Waals surface area contributed by atoms with Gasteiger partial charge in [0.05, 0.1) is 0 Å². The van der Waals surface area contributed by atoms with Crippen LogP contribution in [0.1, 0.15) is 13.3 Å². The van der Waals surface area contributed by atoms with Gasteiger partial charge in [-0.1, -0.05) is 0 Å². The number of carboxylic acid groups (broad SMARTS) is 2. The molecule has 0 radical (unpaired) electrons. The molecule has 0 heterocycles. The number of hydrogen-bond donors (Lipinski definition) is 3. The lowest BCUT2D eigenvalue weighted by Crippen LogP contribution is -2.23. The van der Waals surface area contributed by atoms with Crippen molar-refractivity contribution >= 4 is 23.6 Å². The topological polar surface area (TPSA) is 116 Å². The van der Waals surface area contributed by atoms with E-state index in [0.717, 1.165) is 0 Å². The van der Waals surface area contributed by atoms with E-state index in [4.69, 9.17) is 10.2 Å². The number of aliphatic carboxylic acids is 2. The van der Waals surface area contributed by atoms with Gasteiger partial charge in [0.1, 0.15) is 12.1 Å². The smallest absolute Gasteiger partial charge is 0.351 e. The highest BCUT2D eigenvalue weighted by Crippen LogP contribution is 1.80. The highest BCUT2D eigenvalue weighted by atomic mass is 16.4. The van der Waals surface area contributed by atoms with E-state index in [-0.39, 0.29) is 5.71 Å². The lowest BCUT2D eigenvalue weighted by Gasteiger charge is -1.96. The first-order valence-electron chi connectivity index (χ1n) is 3.21. The third-order valence-corrected chi connectivity index (χ3v) is 0.970. The summed E-state index contributed by atoms with van der Waals surface area (Å²) >= 11 is 0. The number of carbonyl (C=O) groups is 3. The van der Waals surface area contributed by atoms with Crippen LogP contribution in [0, 0.1) is 0 Å². The monoisotopic (exact) mass is 188 g/mol. The van der Waals surface area contributed by atoms with E-state index in [2.05, 4.69) is 5.10 Å². The minimum Gasteiger partial charge on any atom is -0.481 e. The maximum absolute atomic E-state index is 10.6. The molecule has 3 N–H and O–H groups in total. The largest absolute Gasteiger partial charge is 0.481 e. The van der Waals surface area contributed by atoms with Crippen molar-refractivity contribution < 1.29 is 24.6 Å². The van der Waals surface area contributed by atoms with Crippen molar-refractivity contribution in [3.8, 4) is 0 Å². The fourth-order valence-corrected chi connectivity index (χ4v) is 0.371. The molecule has 0 unspecified atom stereocenters. The van der Waals surface area contributed by atoms with Gasteiger partial charge in [-0.05, 0) is 6.92 Å². The van der Waals surface area contributed by atoms with Gasteiger partial charge in [-0.3, -0.25) is 9.59 Å². The maximum Gasteiger partial charge on any atom is 0.351 e. The molecule has 0 atom stereocenters. The van der Waals surface area contributed by atoms with Gasteiger partial charge in [0.25, 0.3) is 5.91 Å². The van der Waals surface area contributed by atoms with Crippen LogP contribution in [-0.2, 0) is 14.4 Å². The first-order chi connectivity index (χ1) is 5.93. The van der Waals surface area contributed by atoms with Crippen molar-refractivity contribution in [2.75, 3.05) is 0 Å². The van der Waals surface area contributed by atoms with Crippen LogP contribution in [0.3, 0.4) is 0 Å². The predicted molar refractivity (Wildman–Crippen MR) is 41.1 cm³/mol. The molecule has 7 nitrogen and oxygen atoms in total. The van der Waals surface area contributed by atoms with Crippen molar-refractivity contribution in [1.29, 1.82) is 0 Å². The molecule has 0 fully saturated rings. The molecule has 0 saturated carbocycles. The lowest BCUT2D eigenvalue weighted by atomic mass is 10.4. The van der Waals surface area contributed by atoms with Crippen LogP contribution >= 0.6 is 0 Å². The molecule has 0 saturated heterocycles. The summed E-state index contributed by atoms with van der Waals surface area (Å²) in [5.41, 5.74) is 1.46. The zero-order valence-corrected chi connectivity index (χ0v) is 6.77. The summed E-state index contributed by atoms with van der Waals surface area (Å²) in [6.45, 7) is 1.17. The Morgan fingerprint density at radius 2 is 1.85 bits per heavy atom. The van der Waals surface area contributed by atoms with Gasteiger partial charge in [0.2, 0.25) is 0 Å².